The normalized spacial score (nSPS) is 11.3. The lowest BCUT2D eigenvalue weighted by Gasteiger charge is -2.21. The summed E-state index contributed by atoms with van der Waals surface area (Å²) in [5.74, 6) is 2.04. The molecule has 0 saturated carbocycles. The van der Waals surface area contributed by atoms with Gasteiger partial charge in [0.15, 0.2) is 0 Å². The van der Waals surface area contributed by atoms with Crippen molar-refractivity contribution in [2.75, 3.05) is 18.5 Å². The molecule has 1 aromatic rings. The molecule has 0 fully saturated rings. The maximum atomic E-state index is 9.32. The van der Waals surface area contributed by atoms with Gasteiger partial charge in [-0.3, -0.25) is 0 Å². The predicted octanol–water partition coefficient (Wildman–Crippen LogP) is 3.18. The number of nitrogens with zero attached hydrogens (tertiary/aromatic N) is 2. The molecular weight excluding hydrogens is 224 g/mol. The standard InChI is InChI=1S/C15H26N2O/c1-11(2)6-7-17(5)15-9-13(10-18)8-14(16-15)12(3)4/h8-9,11-12,18H,6-7,10H2,1-5H3. The summed E-state index contributed by atoms with van der Waals surface area (Å²) >= 11 is 0. The molecule has 0 aromatic carbocycles. The monoisotopic (exact) mass is 250 g/mol. The number of hydrogen-bond donors (Lipinski definition) is 1. The number of anilines is 1. The van der Waals surface area contributed by atoms with Crippen LogP contribution >= 0.6 is 0 Å². The predicted molar refractivity (Wildman–Crippen MR) is 77.0 cm³/mol. The van der Waals surface area contributed by atoms with Crippen molar-refractivity contribution >= 4 is 5.82 Å². The van der Waals surface area contributed by atoms with Gasteiger partial charge in [-0.2, -0.15) is 0 Å². The second-order valence-electron chi connectivity index (χ2n) is 5.68. The van der Waals surface area contributed by atoms with Crippen LogP contribution in [0, 0.1) is 5.92 Å². The third-order valence-electron chi connectivity index (χ3n) is 3.10. The molecule has 0 spiro atoms. The molecule has 0 saturated heterocycles. The van der Waals surface area contributed by atoms with Crippen LogP contribution in [0.25, 0.3) is 0 Å². The van der Waals surface area contributed by atoms with Gasteiger partial charge in [-0.15, -0.1) is 0 Å². The van der Waals surface area contributed by atoms with Crippen molar-refractivity contribution in [2.24, 2.45) is 5.92 Å². The van der Waals surface area contributed by atoms with Gasteiger partial charge in [-0.05, 0) is 36.0 Å². The van der Waals surface area contributed by atoms with Gasteiger partial charge in [0, 0.05) is 19.3 Å². The van der Waals surface area contributed by atoms with E-state index in [1.807, 2.05) is 12.1 Å². The van der Waals surface area contributed by atoms with Crippen LogP contribution in [0.4, 0.5) is 5.82 Å². The first-order valence-corrected chi connectivity index (χ1v) is 6.77. The molecule has 1 heterocycles. The molecule has 1 N–H and O–H groups in total. The summed E-state index contributed by atoms with van der Waals surface area (Å²) in [6, 6.07) is 3.97. The van der Waals surface area contributed by atoms with Gasteiger partial charge in [0.05, 0.1) is 6.61 Å². The number of aliphatic hydroxyl groups is 1. The van der Waals surface area contributed by atoms with Crippen LogP contribution in [-0.2, 0) is 6.61 Å². The summed E-state index contributed by atoms with van der Waals surface area (Å²) < 4.78 is 0. The van der Waals surface area contributed by atoms with Crippen molar-refractivity contribution in [2.45, 2.75) is 46.6 Å². The van der Waals surface area contributed by atoms with Crippen LogP contribution in [0.2, 0.25) is 0 Å². The molecule has 18 heavy (non-hydrogen) atoms. The van der Waals surface area contributed by atoms with E-state index in [4.69, 9.17) is 0 Å². The Labute approximate surface area is 111 Å². The van der Waals surface area contributed by atoms with Crippen LogP contribution < -0.4 is 4.90 Å². The van der Waals surface area contributed by atoms with Crippen LogP contribution in [0.3, 0.4) is 0 Å². The maximum Gasteiger partial charge on any atom is 0.128 e. The number of aliphatic hydroxyl groups excluding tert-OH is 1. The summed E-state index contributed by atoms with van der Waals surface area (Å²) in [4.78, 5) is 6.85. The summed E-state index contributed by atoms with van der Waals surface area (Å²) in [6.07, 6.45) is 1.15. The number of rotatable bonds is 6. The molecule has 3 nitrogen and oxygen atoms in total. The summed E-state index contributed by atoms with van der Waals surface area (Å²) in [5.41, 5.74) is 1.99. The average molecular weight is 250 g/mol. The van der Waals surface area contributed by atoms with Crippen LogP contribution in [0.5, 0.6) is 0 Å². The molecular formula is C15H26N2O. The van der Waals surface area contributed by atoms with Crippen molar-refractivity contribution in [1.29, 1.82) is 0 Å². The first-order valence-electron chi connectivity index (χ1n) is 6.77. The Morgan fingerprint density at radius 2 is 1.89 bits per heavy atom. The SMILES string of the molecule is CC(C)CCN(C)c1cc(CO)cc(C(C)C)n1. The highest BCUT2D eigenvalue weighted by Crippen LogP contribution is 2.20. The van der Waals surface area contributed by atoms with Gasteiger partial charge in [-0.25, -0.2) is 4.98 Å². The minimum atomic E-state index is 0.0766. The van der Waals surface area contributed by atoms with Gasteiger partial charge >= 0.3 is 0 Å². The topological polar surface area (TPSA) is 36.4 Å². The Balaban J connectivity index is 2.89. The van der Waals surface area contributed by atoms with E-state index in [9.17, 15) is 5.11 Å². The number of pyridine rings is 1. The molecule has 0 aliphatic heterocycles. The molecule has 1 aromatic heterocycles. The fourth-order valence-corrected chi connectivity index (χ4v) is 1.74. The van der Waals surface area contributed by atoms with E-state index in [-0.39, 0.29) is 6.61 Å². The van der Waals surface area contributed by atoms with E-state index < -0.39 is 0 Å². The highest BCUT2D eigenvalue weighted by atomic mass is 16.3. The van der Waals surface area contributed by atoms with Crippen molar-refractivity contribution in [3.05, 3.63) is 23.4 Å². The van der Waals surface area contributed by atoms with Gasteiger partial charge < -0.3 is 10.0 Å². The zero-order chi connectivity index (χ0) is 13.7. The Hall–Kier alpha value is -1.09. The van der Waals surface area contributed by atoms with E-state index in [1.54, 1.807) is 0 Å². The molecule has 0 aliphatic rings. The van der Waals surface area contributed by atoms with Gasteiger partial charge in [0.2, 0.25) is 0 Å². The molecule has 0 atom stereocenters. The van der Waals surface area contributed by atoms with Crippen LogP contribution in [-0.4, -0.2) is 23.7 Å². The Kier molecular flexibility index (Phi) is 5.60. The van der Waals surface area contributed by atoms with Crippen molar-refractivity contribution in [3.8, 4) is 0 Å². The van der Waals surface area contributed by atoms with E-state index in [2.05, 4.69) is 44.6 Å². The minimum absolute atomic E-state index is 0.0766. The molecule has 0 aliphatic carbocycles. The largest absolute Gasteiger partial charge is 0.392 e. The summed E-state index contributed by atoms with van der Waals surface area (Å²) in [7, 11) is 2.07. The lowest BCUT2D eigenvalue weighted by atomic mass is 10.1. The maximum absolute atomic E-state index is 9.32. The molecule has 0 radical (unpaired) electrons. The second kappa shape index (κ2) is 6.74. The van der Waals surface area contributed by atoms with E-state index in [0.29, 0.717) is 11.8 Å². The lowest BCUT2D eigenvalue weighted by molar-refractivity contribution is 0.281. The fraction of sp³-hybridized carbons (Fsp3) is 0.667. The first kappa shape index (κ1) is 15.0. The smallest absolute Gasteiger partial charge is 0.128 e. The van der Waals surface area contributed by atoms with Crippen LogP contribution in [0.15, 0.2) is 12.1 Å². The molecule has 3 heteroatoms. The van der Waals surface area contributed by atoms with E-state index >= 15 is 0 Å². The molecule has 102 valence electrons. The zero-order valence-corrected chi connectivity index (χ0v) is 12.3. The zero-order valence-electron chi connectivity index (χ0n) is 12.3. The van der Waals surface area contributed by atoms with Crippen molar-refractivity contribution < 1.29 is 5.11 Å². The Bertz CT molecular complexity index is 375. The van der Waals surface area contributed by atoms with E-state index in [0.717, 1.165) is 30.0 Å². The number of hydrogen-bond acceptors (Lipinski definition) is 3. The van der Waals surface area contributed by atoms with Crippen molar-refractivity contribution in [1.82, 2.24) is 4.98 Å². The van der Waals surface area contributed by atoms with Crippen molar-refractivity contribution in [3.63, 3.8) is 0 Å². The fourth-order valence-electron chi connectivity index (χ4n) is 1.74. The molecule has 0 unspecified atom stereocenters. The summed E-state index contributed by atoms with van der Waals surface area (Å²) in [5, 5.41) is 9.32. The minimum Gasteiger partial charge on any atom is -0.392 e. The highest BCUT2D eigenvalue weighted by Gasteiger charge is 2.09. The summed E-state index contributed by atoms with van der Waals surface area (Å²) in [6.45, 7) is 9.78. The second-order valence-corrected chi connectivity index (χ2v) is 5.68. The first-order chi connectivity index (χ1) is 8.43. The number of aromatic nitrogens is 1. The lowest BCUT2D eigenvalue weighted by Crippen LogP contribution is -2.21. The quantitative estimate of drug-likeness (QED) is 0.842. The molecule has 0 bridgehead atoms. The van der Waals surface area contributed by atoms with Gasteiger partial charge in [0.25, 0.3) is 0 Å². The van der Waals surface area contributed by atoms with Gasteiger partial charge in [0.1, 0.15) is 5.82 Å². The highest BCUT2D eigenvalue weighted by molar-refractivity contribution is 5.42. The van der Waals surface area contributed by atoms with E-state index in [1.165, 1.54) is 0 Å². The molecule has 0 amide bonds. The Morgan fingerprint density at radius 3 is 2.39 bits per heavy atom. The average Bonchev–Trinajstić information content (AvgIpc) is 2.35. The molecule has 1 rings (SSSR count). The Morgan fingerprint density at radius 1 is 1.22 bits per heavy atom. The third-order valence-corrected chi connectivity index (χ3v) is 3.10. The van der Waals surface area contributed by atoms with Gasteiger partial charge in [-0.1, -0.05) is 27.7 Å². The third kappa shape index (κ3) is 4.30. The van der Waals surface area contributed by atoms with Crippen LogP contribution in [0.1, 0.15) is 51.3 Å².